The standard InChI is InChI=1S/C5H5NO2/c1-4-5(2-6-1)8-3-7-4/h1H,2-3H2. The number of rotatable bonds is 0. The summed E-state index contributed by atoms with van der Waals surface area (Å²) < 4.78 is 9.99. The lowest BCUT2D eigenvalue weighted by Gasteiger charge is -1.92. The van der Waals surface area contributed by atoms with Gasteiger partial charge in [-0.25, -0.2) is 0 Å². The van der Waals surface area contributed by atoms with Crippen LogP contribution in [0.2, 0.25) is 0 Å². The van der Waals surface area contributed by atoms with Crippen molar-refractivity contribution < 1.29 is 9.47 Å². The molecule has 0 spiro atoms. The van der Waals surface area contributed by atoms with Crippen LogP contribution >= 0.6 is 0 Å². The Balaban J connectivity index is 2.33. The molecule has 0 N–H and O–H groups in total. The number of nitrogens with zero attached hydrogens (tertiary/aromatic N) is 1. The van der Waals surface area contributed by atoms with Crippen molar-refractivity contribution in [1.82, 2.24) is 0 Å². The van der Waals surface area contributed by atoms with E-state index in [2.05, 4.69) is 4.99 Å². The van der Waals surface area contributed by atoms with Gasteiger partial charge in [0, 0.05) is 0 Å². The SMILES string of the molecule is C1=NCC2=C1OCO2. The minimum Gasteiger partial charge on any atom is -0.456 e. The van der Waals surface area contributed by atoms with Crippen molar-refractivity contribution in [3.05, 3.63) is 11.5 Å². The number of aliphatic imine (C=N–C) groups is 1. The molecular formula is C5H5NO2. The molecular weight excluding hydrogens is 106 g/mol. The summed E-state index contributed by atoms with van der Waals surface area (Å²) in [4.78, 5) is 3.92. The second-order valence-corrected chi connectivity index (χ2v) is 1.66. The maximum atomic E-state index is 5.01. The fourth-order valence-electron chi connectivity index (χ4n) is 0.760. The third-order valence-electron chi connectivity index (χ3n) is 1.17. The van der Waals surface area contributed by atoms with Crippen LogP contribution in [0.4, 0.5) is 0 Å². The molecule has 0 aliphatic carbocycles. The molecule has 2 aliphatic rings. The summed E-state index contributed by atoms with van der Waals surface area (Å²) >= 11 is 0. The fraction of sp³-hybridized carbons (Fsp3) is 0.400. The molecule has 8 heavy (non-hydrogen) atoms. The molecule has 0 saturated heterocycles. The molecule has 0 aromatic carbocycles. The Kier molecular flexibility index (Phi) is 0.614. The molecule has 0 atom stereocenters. The van der Waals surface area contributed by atoms with Crippen LogP contribution in [-0.4, -0.2) is 19.6 Å². The first-order valence-corrected chi connectivity index (χ1v) is 2.45. The topological polar surface area (TPSA) is 30.8 Å². The van der Waals surface area contributed by atoms with E-state index in [-0.39, 0.29) is 0 Å². The van der Waals surface area contributed by atoms with Gasteiger partial charge in [0.15, 0.2) is 11.5 Å². The fourth-order valence-corrected chi connectivity index (χ4v) is 0.760. The molecule has 2 rings (SSSR count). The van der Waals surface area contributed by atoms with Gasteiger partial charge < -0.3 is 9.47 Å². The summed E-state index contributed by atoms with van der Waals surface area (Å²) in [5.74, 6) is 1.69. The van der Waals surface area contributed by atoms with E-state index in [9.17, 15) is 0 Å². The van der Waals surface area contributed by atoms with Gasteiger partial charge in [0.05, 0.1) is 6.21 Å². The summed E-state index contributed by atoms with van der Waals surface area (Å²) in [6.45, 7) is 1.03. The van der Waals surface area contributed by atoms with Gasteiger partial charge in [-0.2, -0.15) is 0 Å². The molecule has 0 amide bonds. The first-order chi connectivity index (χ1) is 3.97. The summed E-state index contributed by atoms with van der Waals surface area (Å²) in [6.07, 6.45) is 1.70. The number of hydrogen-bond donors (Lipinski definition) is 0. The van der Waals surface area contributed by atoms with Crippen LogP contribution in [0.3, 0.4) is 0 Å². The molecule has 0 radical (unpaired) electrons. The summed E-state index contributed by atoms with van der Waals surface area (Å²) in [7, 11) is 0. The molecule has 3 heteroatoms. The maximum absolute atomic E-state index is 5.01. The minimum absolute atomic E-state index is 0.372. The van der Waals surface area contributed by atoms with E-state index in [1.54, 1.807) is 6.21 Å². The van der Waals surface area contributed by atoms with Crippen molar-refractivity contribution in [1.29, 1.82) is 0 Å². The molecule has 0 saturated carbocycles. The lowest BCUT2D eigenvalue weighted by atomic mass is 10.5. The van der Waals surface area contributed by atoms with Crippen molar-refractivity contribution in [2.45, 2.75) is 0 Å². The molecule has 2 heterocycles. The van der Waals surface area contributed by atoms with Gasteiger partial charge >= 0.3 is 0 Å². The minimum atomic E-state index is 0.372. The molecule has 0 bridgehead atoms. The smallest absolute Gasteiger partial charge is 0.230 e. The first kappa shape index (κ1) is 3.95. The van der Waals surface area contributed by atoms with Crippen LogP contribution < -0.4 is 0 Å². The Bertz CT molecular complexity index is 171. The Morgan fingerprint density at radius 2 is 2.50 bits per heavy atom. The van der Waals surface area contributed by atoms with Crippen molar-refractivity contribution >= 4 is 6.21 Å². The van der Waals surface area contributed by atoms with Crippen molar-refractivity contribution in [3.8, 4) is 0 Å². The monoisotopic (exact) mass is 111 g/mol. The van der Waals surface area contributed by atoms with Crippen LogP contribution in [0.1, 0.15) is 0 Å². The van der Waals surface area contributed by atoms with Gasteiger partial charge in [-0.1, -0.05) is 0 Å². The lowest BCUT2D eigenvalue weighted by Crippen LogP contribution is -1.88. The van der Waals surface area contributed by atoms with E-state index in [4.69, 9.17) is 9.47 Å². The van der Waals surface area contributed by atoms with Gasteiger partial charge in [-0.05, 0) is 0 Å². The van der Waals surface area contributed by atoms with E-state index in [1.807, 2.05) is 0 Å². The van der Waals surface area contributed by atoms with E-state index >= 15 is 0 Å². The van der Waals surface area contributed by atoms with Gasteiger partial charge in [-0.15, -0.1) is 0 Å². The average molecular weight is 111 g/mol. The molecule has 3 nitrogen and oxygen atoms in total. The van der Waals surface area contributed by atoms with Crippen molar-refractivity contribution in [2.75, 3.05) is 13.3 Å². The summed E-state index contributed by atoms with van der Waals surface area (Å²) in [5, 5.41) is 0. The average Bonchev–Trinajstić information content (AvgIpc) is 2.15. The second kappa shape index (κ2) is 1.24. The van der Waals surface area contributed by atoms with Gasteiger partial charge in [0.2, 0.25) is 6.79 Å². The quantitative estimate of drug-likeness (QED) is 0.449. The predicted molar refractivity (Wildman–Crippen MR) is 27.4 cm³/mol. The zero-order chi connectivity index (χ0) is 5.40. The predicted octanol–water partition coefficient (Wildman–Crippen LogP) is 0.287. The zero-order valence-corrected chi connectivity index (χ0v) is 4.26. The second-order valence-electron chi connectivity index (χ2n) is 1.66. The lowest BCUT2D eigenvalue weighted by molar-refractivity contribution is 0.0746. The van der Waals surface area contributed by atoms with Gasteiger partial charge in [0.1, 0.15) is 6.54 Å². The number of ether oxygens (including phenoxy) is 2. The molecule has 0 fully saturated rings. The van der Waals surface area contributed by atoms with Crippen molar-refractivity contribution in [3.63, 3.8) is 0 Å². The van der Waals surface area contributed by atoms with Crippen LogP contribution in [0.25, 0.3) is 0 Å². The van der Waals surface area contributed by atoms with Gasteiger partial charge in [-0.3, -0.25) is 4.99 Å². The first-order valence-electron chi connectivity index (χ1n) is 2.45. The molecule has 0 aromatic rings. The van der Waals surface area contributed by atoms with Crippen LogP contribution in [0, 0.1) is 0 Å². The van der Waals surface area contributed by atoms with E-state index in [1.165, 1.54) is 0 Å². The highest BCUT2D eigenvalue weighted by Crippen LogP contribution is 2.18. The van der Waals surface area contributed by atoms with E-state index in [0.717, 1.165) is 11.5 Å². The zero-order valence-electron chi connectivity index (χ0n) is 4.26. The third kappa shape index (κ3) is 0.358. The summed E-state index contributed by atoms with van der Waals surface area (Å²) in [6, 6.07) is 0. The molecule has 0 unspecified atom stereocenters. The van der Waals surface area contributed by atoms with E-state index in [0.29, 0.717) is 13.3 Å². The number of hydrogen-bond acceptors (Lipinski definition) is 3. The maximum Gasteiger partial charge on any atom is 0.230 e. The van der Waals surface area contributed by atoms with E-state index < -0.39 is 0 Å². The highest BCUT2D eigenvalue weighted by molar-refractivity contribution is 5.79. The molecule has 42 valence electrons. The van der Waals surface area contributed by atoms with Crippen molar-refractivity contribution in [2.24, 2.45) is 4.99 Å². The molecule has 0 aromatic heterocycles. The highest BCUT2D eigenvalue weighted by Gasteiger charge is 2.18. The third-order valence-corrected chi connectivity index (χ3v) is 1.17. The Morgan fingerprint density at radius 1 is 1.50 bits per heavy atom. The largest absolute Gasteiger partial charge is 0.456 e. The Hall–Kier alpha value is -0.990. The van der Waals surface area contributed by atoms with Crippen LogP contribution in [-0.2, 0) is 9.47 Å². The van der Waals surface area contributed by atoms with Crippen LogP contribution in [0.5, 0.6) is 0 Å². The Morgan fingerprint density at radius 3 is 3.38 bits per heavy atom. The number of allylic oxidation sites excluding steroid dienone is 1. The Labute approximate surface area is 46.6 Å². The normalized spacial score (nSPS) is 23.0. The molecule has 2 aliphatic heterocycles. The van der Waals surface area contributed by atoms with Crippen LogP contribution in [0.15, 0.2) is 16.5 Å². The highest BCUT2D eigenvalue weighted by atomic mass is 16.7. The van der Waals surface area contributed by atoms with Gasteiger partial charge in [0.25, 0.3) is 0 Å². The summed E-state index contributed by atoms with van der Waals surface area (Å²) in [5.41, 5.74) is 0.